The highest BCUT2D eigenvalue weighted by Crippen LogP contribution is 2.22. The number of hydrogen-bond acceptors (Lipinski definition) is 2. The van der Waals surface area contributed by atoms with Gasteiger partial charge in [0.25, 0.3) is 0 Å². The lowest BCUT2D eigenvalue weighted by Gasteiger charge is -2.20. The van der Waals surface area contributed by atoms with Crippen molar-refractivity contribution < 1.29 is 9.53 Å². The Kier molecular flexibility index (Phi) is 4.54. The molecule has 2 aromatic rings. The number of ether oxygens (including phenoxy) is 1. The molecular formula is C19H22O2. The standard InChI is InChI=1S/C19H22O2/c20-19(21-18-10-4-2-1-3-5-11-18)17-13-12-15-8-6-7-9-16(15)14-17/h6-9,12-14,18H,1-5,10-11H2. The molecule has 0 radical (unpaired) electrons. The molecule has 0 saturated heterocycles. The second-order valence-corrected chi connectivity index (χ2v) is 5.93. The first-order valence-corrected chi connectivity index (χ1v) is 8.03. The molecule has 0 aromatic heterocycles. The summed E-state index contributed by atoms with van der Waals surface area (Å²) in [4.78, 5) is 12.3. The number of carbonyl (C=O) groups is 1. The van der Waals surface area contributed by atoms with E-state index in [9.17, 15) is 4.79 Å². The predicted octanol–water partition coefficient (Wildman–Crippen LogP) is 5.11. The summed E-state index contributed by atoms with van der Waals surface area (Å²) in [5.41, 5.74) is 0.663. The largest absolute Gasteiger partial charge is 0.459 e. The first-order valence-electron chi connectivity index (χ1n) is 8.03. The van der Waals surface area contributed by atoms with Gasteiger partial charge in [0, 0.05) is 0 Å². The Morgan fingerprint density at radius 1 is 0.857 bits per heavy atom. The number of fused-ring (bicyclic) bond motifs is 1. The fraction of sp³-hybridized carbons (Fsp3) is 0.421. The van der Waals surface area contributed by atoms with Gasteiger partial charge in [-0.25, -0.2) is 4.79 Å². The Hall–Kier alpha value is -1.83. The van der Waals surface area contributed by atoms with Crippen LogP contribution in [-0.2, 0) is 4.74 Å². The van der Waals surface area contributed by atoms with Gasteiger partial charge in [-0.05, 0) is 48.6 Å². The van der Waals surface area contributed by atoms with Crippen LogP contribution in [-0.4, -0.2) is 12.1 Å². The Morgan fingerprint density at radius 3 is 2.29 bits per heavy atom. The van der Waals surface area contributed by atoms with Crippen molar-refractivity contribution in [3.05, 3.63) is 48.0 Å². The van der Waals surface area contributed by atoms with Gasteiger partial charge in [-0.1, -0.05) is 49.6 Å². The lowest BCUT2D eigenvalue weighted by Crippen LogP contribution is -2.19. The molecule has 2 nitrogen and oxygen atoms in total. The first-order chi connectivity index (χ1) is 10.3. The normalized spacial score (nSPS) is 17.1. The molecule has 1 aliphatic carbocycles. The third-order valence-electron chi connectivity index (χ3n) is 4.31. The minimum Gasteiger partial charge on any atom is -0.459 e. The molecule has 0 bridgehead atoms. The lowest BCUT2D eigenvalue weighted by atomic mass is 9.98. The molecule has 0 unspecified atom stereocenters. The zero-order valence-corrected chi connectivity index (χ0v) is 12.4. The van der Waals surface area contributed by atoms with Crippen LogP contribution in [0, 0.1) is 0 Å². The molecule has 0 spiro atoms. The minimum atomic E-state index is -0.175. The minimum absolute atomic E-state index is 0.101. The van der Waals surface area contributed by atoms with E-state index >= 15 is 0 Å². The first kappa shape index (κ1) is 14.1. The molecule has 0 heterocycles. The topological polar surface area (TPSA) is 26.3 Å². The average Bonchev–Trinajstić information content (AvgIpc) is 2.49. The molecule has 1 fully saturated rings. The van der Waals surface area contributed by atoms with Crippen LogP contribution < -0.4 is 0 Å². The fourth-order valence-electron chi connectivity index (χ4n) is 3.07. The third-order valence-corrected chi connectivity index (χ3v) is 4.31. The highest BCUT2D eigenvalue weighted by molar-refractivity contribution is 5.95. The number of rotatable bonds is 2. The summed E-state index contributed by atoms with van der Waals surface area (Å²) in [6, 6.07) is 13.9. The van der Waals surface area contributed by atoms with E-state index in [1.54, 1.807) is 0 Å². The van der Waals surface area contributed by atoms with Crippen LogP contribution in [0.5, 0.6) is 0 Å². The van der Waals surface area contributed by atoms with Gasteiger partial charge in [0.2, 0.25) is 0 Å². The maximum absolute atomic E-state index is 12.3. The van der Waals surface area contributed by atoms with Crippen LogP contribution in [0.25, 0.3) is 10.8 Å². The fourth-order valence-corrected chi connectivity index (χ4v) is 3.07. The van der Waals surface area contributed by atoms with E-state index < -0.39 is 0 Å². The zero-order valence-electron chi connectivity index (χ0n) is 12.4. The quantitative estimate of drug-likeness (QED) is 0.715. The van der Waals surface area contributed by atoms with Gasteiger partial charge in [0.15, 0.2) is 0 Å². The van der Waals surface area contributed by atoms with Gasteiger partial charge in [0.05, 0.1) is 5.56 Å². The van der Waals surface area contributed by atoms with Crippen LogP contribution in [0.3, 0.4) is 0 Å². The third kappa shape index (κ3) is 3.63. The van der Waals surface area contributed by atoms with Crippen LogP contribution in [0.4, 0.5) is 0 Å². The van der Waals surface area contributed by atoms with E-state index in [2.05, 4.69) is 6.07 Å². The van der Waals surface area contributed by atoms with Crippen molar-refractivity contribution in [3.8, 4) is 0 Å². The summed E-state index contributed by atoms with van der Waals surface area (Å²) >= 11 is 0. The highest BCUT2D eigenvalue weighted by atomic mass is 16.5. The van der Waals surface area contributed by atoms with Gasteiger partial charge >= 0.3 is 5.97 Å². The molecule has 1 saturated carbocycles. The molecule has 3 rings (SSSR count). The second kappa shape index (κ2) is 6.75. The molecule has 1 aliphatic rings. The van der Waals surface area contributed by atoms with Crippen molar-refractivity contribution in [3.63, 3.8) is 0 Å². The summed E-state index contributed by atoms with van der Waals surface area (Å²) in [6.07, 6.45) is 8.34. The summed E-state index contributed by atoms with van der Waals surface area (Å²) in [5, 5.41) is 2.24. The zero-order chi connectivity index (χ0) is 14.5. The van der Waals surface area contributed by atoms with Crippen molar-refractivity contribution in [1.29, 1.82) is 0 Å². The van der Waals surface area contributed by atoms with Gasteiger partial charge in [-0.2, -0.15) is 0 Å². The van der Waals surface area contributed by atoms with Gasteiger partial charge in [-0.3, -0.25) is 0 Å². The molecule has 2 aromatic carbocycles. The molecular weight excluding hydrogens is 260 g/mol. The van der Waals surface area contributed by atoms with Crippen LogP contribution in [0.2, 0.25) is 0 Å². The predicted molar refractivity (Wildman–Crippen MR) is 85.5 cm³/mol. The number of carbonyl (C=O) groups excluding carboxylic acids is 1. The van der Waals surface area contributed by atoms with E-state index in [1.165, 1.54) is 32.1 Å². The van der Waals surface area contributed by atoms with Crippen LogP contribution in [0.15, 0.2) is 42.5 Å². The Morgan fingerprint density at radius 2 is 1.52 bits per heavy atom. The highest BCUT2D eigenvalue weighted by Gasteiger charge is 2.17. The van der Waals surface area contributed by atoms with E-state index in [0.717, 1.165) is 23.6 Å². The van der Waals surface area contributed by atoms with Crippen molar-refractivity contribution in [2.75, 3.05) is 0 Å². The van der Waals surface area contributed by atoms with Crippen molar-refractivity contribution >= 4 is 16.7 Å². The van der Waals surface area contributed by atoms with Crippen molar-refractivity contribution in [2.45, 2.75) is 51.0 Å². The summed E-state index contributed by atoms with van der Waals surface area (Å²) in [5.74, 6) is -0.175. The average molecular weight is 282 g/mol. The lowest BCUT2D eigenvalue weighted by molar-refractivity contribution is 0.0239. The Balaban J connectivity index is 1.70. The maximum atomic E-state index is 12.3. The summed E-state index contributed by atoms with van der Waals surface area (Å²) in [7, 11) is 0. The van der Waals surface area contributed by atoms with E-state index in [4.69, 9.17) is 4.74 Å². The van der Waals surface area contributed by atoms with Crippen molar-refractivity contribution in [2.24, 2.45) is 0 Å². The van der Waals surface area contributed by atoms with E-state index in [-0.39, 0.29) is 12.1 Å². The maximum Gasteiger partial charge on any atom is 0.338 e. The number of hydrogen-bond donors (Lipinski definition) is 0. The molecule has 0 N–H and O–H groups in total. The van der Waals surface area contributed by atoms with Crippen LogP contribution >= 0.6 is 0 Å². The molecule has 0 aliphatic heterocycles. The SMILES string of the molecule is O=C(OC1CCCCCCC1)c1ccc2ccccc2c1. The van der Waals surface area contributed by atoms with E-state index in [0.29, 0.717) is 5.56 Å². The number of esters is 1. The molecule has 0 atom stereocenters. The summed E-state index contributed by atoms with van der Waals surface area (Å²) in [6.45, 7) is 0. The molecule has 0 amide bonds. The smallest absolute Gasteiger partial charge is 0.338 e. The second-order valence-electron chi connectivity index (χ2n) is 5.93. The van der Waals surface area contributed by atoms with Crippen molar-refractivity contribution in [1.82, 2.24) is 0 Å². The van der Waals surface area contributed by atoms with Gasteiger partial charge in [-0.15, -0.1) is 0 Å². The number of benzene rings is 2. The van der Waals surface area contributed by atoms with Crippen LogP contribution in [0.1, 0.15) is 55.3 Å². The molecule has 110 valence electrons. The van der Waals surface area contributed by atoms with Gasteiger partial charge in [0.1, 0.15) is 6.10 Å². The molecule has 21 heavy (non-hydrogen) atoms. The Labute approximate surface area is 126 Å². The molecule has 2 heteroatoms. The summed E-state index contributed by atoms with van der Waals surface area (Å²) < 4.78 is 5.72. The monoisotopic (exact) mass is 282 g/mol. The van der Waals surface area contributed by atoms with Gasteiger partial charge < -0.3 is 4.74 Å². The van der Waals surface area contributed by atoms with E-state index in [1.807, 2.05) is 36.4 Å². The Bertz CT molecular complexity index is 610.